The number of alkyl halides is 3. The van der Waals surface area contributed by atoms with Crippen LogP contribution in [-0.2, 0) is 0 Å². The maximum Gasteiger partial charge on any atom is 0.417 e. The Morgan fingerprint density at radius 1 is 1.27 bits per heavy atom. The van der Waals surface area contributed by atoms with E-state index in [2.05, 4.69) is 9.97 Å². The van der Waals surface area contributed by atoms with Gasteiger partial charge in [0.05, 0.1) is 19.0 Å². The summed E-state index contributed by atoms with van der Waals surface area (Å²) in [5.41, 5.74) is -2.65. The van der Waals surface area contributed by atoms with Crippen LogP contribution < -0.4 is 9.64 Å². The van der Waals surface area contributed by atoms with Crippen molar-refractivity contribution in [2.24, 2.45) is 0 Å². The highest BCUT2D eigenvalue weighted by molar-refractivity contribution is 5.37. The second-order valence-corrected chi connectivity index (χ2v) is 5.16. The molecule has 0 amide bonds. The van der Waals surface area contributed by atoms with E-state index in [9.17, 15) is 18.3 Å². The monoisotopic (exact) mass is 321 g/mol. The summed E-state index contributed by atoms with van der Waals surface area (Å²) < 4.78 is 43.8. The Kier molecular flexibility index (Phi) is 5.07. The third-order valence-corrected chi connectivity index (χ3v) is 3.61. The molecule has 6 nitrogen and oxygen atoms in total. The van der Waals surface area contributed by atoms with E-state index < -0.39 is 18.2 Å². The van der Waals surface area contributed by atoms with E-state index in [0.717, 1.165) is 0 Å². The summed E-state index contributed by atoms with van der Waals surface area (Å²) in [4.78, 5) is 9.73. The molecule has 1 atom stereocenters. The third-order valence-electron chi connectivity index (χ3n) is 3.61. The summed E-state index contributed by atoms with van der Waals surface area (Å²) in [5.74, 6) is 0.587. The Balaban J connectivity index is 2.08. The molecule has 0 bridgehead atoms. The first-order valence-corrected chi connectivity index (χ1v) is 6.95. The molecule has 22 heavy (non-hydrogen) atoms. The minimum absolute atomic E-state index is 0.0220. The molecule has 1 unspecified atom stereocenters. The van der Waals surface area contributed by atoms with Crippen LogP contribution in [0, 0.1) is 0 Å². The number of halogens is 3. The number of aliphatic hydroxyl groups is 2. The zero-order valence-corrected chi connectivity index (χ0v) is 11.9. The van der Waals surface area contributed by atoms with Crippen molar-refractivity contribution in [2.75, 3.05) is 31.2 Å². The normalized spacial score (nSPS) is 23.2. The number of nitrogens with zero attached hydrogens (tertiary/aromatic N) is 3. The van der Waals surface area contributed by atoms with Gasteiger partial charge in [0.25, 0.3) is 0 Å². The van der Waals surface area contributed by atoms with Crippen molar-refractivity contribution in [1.82, 2.24) is 9.97 Å². The topological polar surface area (TPSA) is 78.7 Å². The van der Waals surface area contributed by atoms with Crippen molar-refractivity contribution < 1.29 is 28.1 Å². The van der Waals surface area contributed by atoms with Crippen molar-refractivity contribution in [1.29, 1.82) is 0 Å². The second-order valence-electron chi connectivity index (χ2n) is 5.16. The smallest absolute Gasteiger partial charge is 0.417 e. The van der Waals surface area contributed by atoms with Crippen LogP contribution >= 0.6 is 0 Å². The van der Waals surface area contributed by atoms with Gasteiger partial charge in [0.2, 0.25) is 5.88 Å². The van der Waals surface area contributed by atoms with Crippen LogP contribution in [0.25, 0.3) is 0 Å². The molecular weight excluding hydrogens is 303 g/mol. The molecule has 0 aliphatic carbocycles. The first-order valence-electron chi connectivity index (χ1n) is 6.95. The van der Waals surface area contributed by atoms with Gasteiger partial charge in [-0.15, -0.1) is 0 Å². The molecule has 0 saturated carbocycles. The van der Waals surface area contributed by atoms with Gasteiger partial charge in [-0.05, 0) is 12.8 Å². The Morgan fingerprint density at radius 3 is 2.73 bits per heavy atom. The van der Waals surface area contributed by atoms with Crippen molar-refractivity contribution in [3.05, 3.63) is 12.4 Å². The number of aromatic nitrogens is 2. The van der Waals surface area contributed by atoms with E-state index in [4.69, 9.17) is 9.84 Å². The van der Waals surface area contributed by atoms with Crippen LogP contribution in [0.1, 0.15) is 19.3 Å². The van der Waals surface area contributed by atoms with Gasteiger partial charge >= 0.3 is 6.18 Å². The lowest BCUT2D eigenvalue weighted by Gasteiger charge is -2.29. The van der Waals surface area contributed by atoms with Crippen LogP contribution in [-0.4, -0.2) is 58.3 Å². The minimum Gasteiger partial charge on any atom is -0.474 e. The van der Waals surface area contributed by atoms with Crippen LogP contribution in [0.15, 0.2) is 12.4 Å². The van der Waals surface area contributed by atoms with Crippen LogP contribution in [0.3, 0.4) is 0 Å². The third kappa shape index (κ3) is 3.77. The number of rotatable bonds is 4. The number of anilines is 1. The predicted octanol–water partition coefficient (Wildman–Crippen LogP) is 1.13. The van der Waals surface area contributed by atoms with Gasteiger partial charge in [-0.3, -0.25) is 4.98 Å². The minimum atomic E-state index is -4.64. The highest BCUT2D eigenvalue weighted by atomic mass is 19.4. The van der Waals surface area contributed by atoms with E-state index in [-0.39, 0.29) is 38.5 Å². The SMILES string of the molecule is OCCOc1cncc(N2CCCC(O)(C(F)(F)F)CC2)n1. The van der Waals surface area contributed by atoms with E-state index in [0.29, 0.717) is 12.4 Å². The summed E-state index contributed by atoms with van der Waals surface area (Å²) in [6.07, 6.45) is -2.39. The van der Waals surface area contributed by atoms with Gasteiger partial charge in [-0.1, -0.05) is 0 Å². The maximum absolute atomic E-state index is 12.9. The van der Waals surface area contributed by atoms with Crippen LogP contribution in [0.4, 0.5) is 19.0 Å². The number of aliphatic hydroxyl groups excluding tert-OH is 1. The molecule has 1 aliphatic rings. The molecule has 2 rings (SSSR count). The molecule has 1 aromatic heterocycles. The Bertz CT molecular complexity index is 501. The summed E-state index contributed by atoms with van der Waals surface area (Å²) in [6, 6.07) is 0. The molecule has 1 saturated heterocycles. The second kappa shape index (κ2) is 6.66. The molecule has 1 fully saturated rings. The lowest BCUT2D eigenvalue weighted by Crippen LogP contribution is -2.45. The fourth-order valence-electron chi connectivity index (χ4n) is 2.34. The van der Waals surface area contributed by atoms with Gasteiger partial charge in [0, 0.05) is 19.5 Å². The average Bonchev–Trinajstić information content (AvgIpc) is 2.68. The molecule has 0 radical (unpaired) electrons. The number of hydrogen-bond acceptors (Lipinski definition) is 6. The Hall–Kier alpha value is -1.61. The lowest BCUT2D eigenvalue weighted by atomic mass is 9.94. The van der Waals surface area contributed by atoms with E-state index in [1.54, 1.807) is 4.90 Å². The lowest BCUT2D eigenvalue weighted by molar-refractivity contribution is -0.263. The molecule has 2 N–H and O–H groups in total. The van der Waals surface area contributed by atoms with Gasteiger partial charge in [-0.2, -0.15) is 18.2 Å². The Morgan fingerprint density at radius 2 is 2.05 bits per heavy atom. The first-order chi connectivity index (χ1) is 10.4. The molecule has 9 heteroatoms. The van der Waals surface area contributed by atoms with Crippen LogP contribution in [0.5, 0.6) is 5.88 Å². The standard InChI is InChI=1S/C13H18F3N3O3/c14-13(15,16)12(21)2-1-4-19(5-3-12)10-8-17-9-11(18-10)22-7-6-20/h8-9,20-21H,1-7H2. The highest BCUT2D eigenvalue weighted by Crippen LogP contribution is 2.38. The molecule has 2 heterocycles. The molecule has 0 aromatic carbocycles. The van der Waals surface area contributed by atoms with Crippen molar-refractivity contribution in [2.45, 2.75) is 31.0 Å². The van der Waals surface area contributed by atoms with Crippen molar-refractivity contribution in [3.63, 3.8) is 0 Å². The molecule has 0 spiro atoms. The summed E-state index contributed by atoms with van der Waals surface area (Å²) >= 11 is 0. The molecule has 124 valence electrons. The fourth-order valence-corrected chi connectivity index (χ4v) is 2.34. The van der Waals surface area contributed by atoms with Gasteiger partial charge in [0.15, 0.2) is 11.4 Å². The van der Waals surface area contributed by atoms with Crippen LogP contribution in [0.2, 0.25) is 0 Å². The summed E-state index contributed by atoms with van der Waals surface area (Å²) in [6.45, 7) is 0.255. The maximum atomic E-state index is 12.9. The van der Waals surface area contributed by atoms with E-state index >= 15 is 0 Å². The zero-order chi connectivity index (χ0) is 16.2. The quantitative estimate of drug-likeness (QED) is 0.866. The average molecular weight is 321 g/mol. The van der Waals surface area contributed by atoms with Gasteiger partial charge in [-0.25, -0.2) is 0 Å². The van der Waals surface area contributed by atoms with Crippen molar-refractivity contribution >= 4 is 5.82 Å². The van der Waals surface area contributed by atoms with E-state index in [1.165, 1.54) is 12.4 Å². The summed E-state index contributed by atoms with van der Waals surface area (Å²) in [5, 5.41) is 18.5. The molecule has 1 aromatic rings. The zero-order valence-electron chi connectivity index (χ0n) is 11.9. The Labute approximate surface area is 125 Å². The highest BCUT2D eigenvalue weighted by Gasteiger charge is 2.53. The predicted molar refractivity (Wildman–Crippen MR) is 71.7 cm³/mol. The van der Waals surface area contributed by atoms with Crippen molar-refractivity contribution in [3.8, 4) is 5.88 Å². The first kappa shape index (κ1) is 16.8. The molecular formula is C13H18F3N3O3. The number of hydrogen-bond donors (Lipinski definition) is 2. The number of ether oxygens (including phenoxy) is 1. The largest absolute Gasteiger partial charge is 0.474 e. The van der Waals surface area contributed by atoms with Gasteiger partial charge < -0.3 is 19.8 Å². The van der Waals surface area contributed by atoms with E-state index in [1.807, 2.05) is 0 Å². The molecule has 1 aliphatic heterocycles. The summed E-state index contributed by atoms with van der Waals surface area (Å²) in [7, 11) is 0. The van der Waals surface area contributed by atoms with Gasteiger partial charge in [0.1, 0.15) is 6.61 Å². The fraction of sp³-hybridized carbons (Fsp3) is 0.692.